The maximum atomic E-state index is 13.1. The molecule has 1 atom stereocenters. The van der Waals surface area contributed by atoms with Crippen LogP contribution in [0, 0.1) is 11.8 Å². The van der Waals surface area contributed by atoms with Crippen LogP contribution in [0.3, 0.4) is 0 Å². The van der Waals surface area contributed by atoms with E-state index >= 15 is 0 Å². The molecular formula is C30H40N6O3. The minimum absolute atomic E-state index is 0.120. The van der Waals surface area contributed by atoms with Gasteiger partial charge in [-0.3, -0.25) is 4.79 Å². The lowest BCUT2D eigenvalue weighted by Crippen LogP contribution is -2.47. The number of unbranched alkanes of at least 4 members (excludes halogenated alkanes) is 1. The molecule has 1 aliphatic rings. The molecule has 1 aliphatic heterocycles. The number of nitrogens with zero attached hydrogens (tertiary/aromatic N) is 5. The van der Waals surface area contributed by atoms with E-state index in [4.69, 9.17) is 0 Å². The van der Waals surface area contributed by atoms with Gasteiger partial charge < -0.3 is 14.9 Å². The molecule has 2 N–H and O–H groups in total. The maximum Gasteiger partial charge on any atom is 0.326 e. The molecule has 39 heavy (non-hydrogen) atoms. The quantitative estimate of drug-likeness (QED) is 0.340. The maximum absolute atomic E-state index is 13.1. The van der Waals surface area contributed by atoms with Crippen LogP contribution in [0.4, 0.5) is 5.69 Å². The van der Waals surface area contributed by atoms with E-state index in [0.717, 1.165) is 54.1 Å². The van der Waals surface area contributed by atoms with E-state index in [2.05, 4.69) is 50.6 Å². The van der Waals surface area contributed by atoms with E-state index in [1.165, 1.54) is 23.4 Å². The van der Waals surface area contributed by atoms with E-state index in [0.29, 0.717) is 12.2 Å². The lowest BCUT2D eigenvalue weighted by molar-refractivity contribution is -0.153. The number of carbonyl (C=O) groups is 2. The normalized spacial score (nSPS) is 14.9. The fourth-order valence-electron chi connectivity index (χ4n) is 5.28. The van der Waals surface area contributed by atoms with Crippen molar-refractivity contribution in [2.75, 3.05) is 18.0 Å². The Kier molecular flexibility index (Phi) is 9.32. The van der Waals surface area contributed by atoms with Gasteiger partial charge in [-0.2, -0.15) is 5.21 Å². The number of benzene rings is 2. The van der Waals surface area contributed by atoms with Crippen molar-refractivity contribution in [1.29, 1.82) is 0 Å². The SMILES string of the molecule is CCCCC(=O)N(Cc1ccc(-c2cc(N3CCC(C)CC3)ccc2-c2nn[nH]n2)cc1)C(C(=O)O)C(C)C. The zero-order valence-electron chi connectivity index (χ0n) is 23.4. The summed E-state index contributed by atoms with van der Waals surface area (Å²) in [4.78, 5) is 29.1. The summed E-state index contributed by atoms with van der Waals surface area (Å²) in [6, 6.07) is 13.5. The minimum atomic E-state index is -0.972. The third kappa shape index (κ3) is 6.82. The Morgan fingerprint density at radius 1 is 1.10 bits per heavy atom. The van der Waals surface area contributed by atoms with E-state index in [1.807, 2.05) is 45.0 Å². The van der Waals surface area contributed by atoms with Gasteiger partial charge in [0, 0.05) is 37.3 Å². The molecule has 9 heteroatoms. The number of nitrogens with one attached hydrogen (secondary N) is 1. The van der Waals surface area contributed by atoms with Gasteiger partial charge in [-0.1, -0.05) is 58.4 Å². The first kappa shape index (κ1) is 28.3. The summed E-state index contributed by atoms with van der Waals surface area (Å²) in [7, 11) is 0. The van der Waals surface area contributed by atoms with Crippen molar-refractivity contribution >= 4 is 17.6 Å². The van der Waals surface area contributed by atoms with Crippen LogP contribution in [-0.4, -0.2) is 61.6 Å². The average molecular weight is 533 g/mol. The van der Waals surface area contributed by atoms with Crippen molar-refractivity contribution in [1.82, 2.24) is 25.5 Å². The number of piperidine rings is 1. The Morgan fingerprint density at radius 2 is 1.82 bits per heavy atom. The summed E-state index contributed by atoms with van der Waals surface area (Å²) < 4.78 is 0. The Balaban J connectivity index is 1.64. The molecular weight excluding hydrogens is 492 g/mol. The number of anilines is 1. The fraction of sp³-hybridized carbons (Fsp3) is 0.500. The van der Waals surface area contributed by atoms with Crippen LogP contribution in [0.25, 0.3) is 22.5 Å². The highest BCUT2D eigenvalue weighted by Crippen LogP contribution is 2.35. The van der Waals surface area contributed by atoms with Gasteiger partial charge in [0.15, 0.2) is 0 Å². The molecule has 2 aromatic carbocycles. The molecule has 1 aromatic heterocycles. The van der Waals surface area contributed by atoms with Crippen LogP contribution in [0.2, 0.25) is 0 Å². The monoisotopic (exact) mass is 532 g/mol. The number of aliphatic carboxylic acids is 1. The molecule has 4 rings (SSSR count). The second-order valence-electron chi connectivity index (χ2n) is 11.0. The molecule has 1 amide bonds. The van der Waals surface area contributed by atoms with Gasteiger partial charge in [0.2, 0.25) is 11.7 Å². The molecule has 0 aliphatic carbocycles. The smallest absolute Gasteiger partial charge is 0.326 e. The van der Waals surface area contributed by atoms with Gasteiger partial charge >= 0.3 is 5.97 Å². The summed E-state index contributed by atoms with van der Waals surface area (Å²) >= 11 is 0. The number of amides is 1. The van der Waals surface area contributed by atoms with Crippen LogP contribution in [0.1, 0.15) is 65.4 Å². The van der Waals surface area contributed by atoms with Crippen molar-refractivity contribution < 1.29 is 14.7 Å². The number of carboxylic acid groups (broad SMARTS) is 1. The highest BCUT2D eigenvalue weighted by Gasteiger charge is 2.32. The zero-order chi connectivity index (χ0) is 27.9. The predicted molar refractivity (Wildman–Crippen MR) is 152 cm³/mol. The summed E-state index contributed by atoms with van der Waals surface area (Å²) in [5, 5.41) is 24.6. The second kappa shape index (κ2) is 12.9. The lowest BCUT2D eigenvalue weighted by atomic mass is 9.95. The molecule has 208 valence electrons. The molecule has 9 nitrogen and oxygen atoms in total. The summed E-state index contributed by atoms with van der Waals surface area (Å²) in [5.41, 5.74) is 4.93. The van der Waals surface area contributed by atoms with Gasteiger partial charge in [-0.05, 0) is 71.2 Å². The first-order valence-corrected chi connectivity index (χ1v) is 14.0. The summed E-state index contributed by atoms with van der Waals surface area (Å²) in [6.07, 6.45) is 4.33. The summed E-state index contributed by atoms with van der Waals surface area (Å²) in [5.74, 6) is -0.0194. The minimum Gasteiger partial charge on any atom is -0.480 e. The van der Waals surface area contributed by atoms with Crippen molar-refractivity contribution in [3.63, 3.8) is 0 Å². The molecule has 0 radical (unpaired) electrons. The van der Waals surface area contributed by atoms with Gasteiger partial charge in [0.05, 0.1) is 0 Å². The highest BCUT2D eigenvalue weighted by molar-refractivity contribution is 5.85. The van der Waals surface area contributed by atoms with Crippen molar-refractivity contribution in [3.8, 4) is 22.5 Å². The van der Waals surface area contributed by atoms with Crippen LogP contribution in [0.5, 0.6) is 0 Å². The fourth-order valence-corrected chi connectivity index (χ4v) is 5.28. The molecule has 0 saturated carbocycles. The van der Waals surface area contributed by atoms with Gasteiger partial charge in [-0.15, -0.1) is 10.2 Å². The first-order chi connectivity index (χ1) is 18.8. The Hall–Kier alpha value is -3.75. The predicted octanol–water partition coefficient (Wildman–Crippen LogP) is 5.40. The van der Waals surface area contributed by atoms with Gasteiger partial charge in [0.25, 0.3) is 0 Å². The second-order valence-corrected chi connectivity index (χ2v) is 11.0. The number of H-pyrrole nitrogens is 1. The molecule has 2 heterocycles. The number of hydrogen-bond acceptors (Lipinski definition) is 6. The van der Waals surface area contributed by atoms with E-state index < -0.39 is 12.0 Å². The molecule has 3 aromatic rings. The Bertz CT molecular complexity index is 1230. The first-order valence-electron chi connectivity index (χ1n) is 14.0. The van der Waals surface area contributed by atoms with E-state index in [1.54, 1.807) is 0 Å². The van der Waals surface area contributed by atoms with Crippen molar-refractivity contribution in [2.24, 2.45) is 11.8 Å². The van der Waals surface area contributed by atoms with Crippen molar-refractivity contribution in [2.45, 2.75) is 72.4 Å². The van der Waals surface area contributed by atoms with Crippen LogP contribution in [0.15, 0.2) is 42.5 Å². The number of tetrazole rings is 1. The van der Waals surface area contributed by atoms with E-state index in [9.17, 15) is 14.7 Å². The standard InChI is InChI=1S/C30H40N6O3/c1-5-6-7-27(37)36(28(20(2)3)30(38)39)19-22-8-10-23(11-9-22)26-18-24(35-16-14-21(4)15-17-35)12-13-25(26)29-31-33-34-32-29/h8-13,18,20-21,28H,5-7,14-17,19H2,1-4H3,(H,38,39)(H,31,32,33,34). The topological polar surface area (TPSA) is 115 Å². The van der Waals surface area contributed by atoms with Gasteiger partial charge in [-0.25, -0.2) is 4.79 Å². The molecule has 1 fully saturated rings. The number of aromatic nitrogens is 4. The number of aromatic amines is 1. The number of hydrogen-bond donors (Lipinski definition) is 2. The largest absolute Gasteiger partial charge is 0.480 e. The van der Waals surface area contributed by atoms with Crippen LogP contribution in [-0.2, 0) is 16.1 Å². The third-order valence-electron chi connectivity index (χ3n) is 7.64. The van der Waals surface area contributed by atoms with E-state index in [-0.39, 0.29) is 18.4 Å². The van der Waals surface area contributed by atoms with Crippen molar-refractivity contribution in [3.05, 3.63) is 48.0 Å². The lowest BCUT2D eigenvalue weighted by Gasteiger charge is -2.32. The summed E-state index contributed by atoms with van der Waals surface area (Å²) in [6.45, 7) is 10.3. The third-order valence-corrected chi connectivity index (χ3v) is 7.64. The Morgan fingerprint density at radius 3 is 2.41 bits per heavy atom. The van der Waals surface area contributed by atoms with Crippen LogP contribution >= 0.6 is 0 Å². The number of carbonyl (C=O) groups excluding carboxylic acids is 1. The van der Waals surface area contributed by atoms with Gasteiger partial charge in [0.1, 0.15) is 6.04 Å². The number of carboxylic acids is 1. The highest BCUT2D eigenvalue weighted by atomic mass is 16.4. The van der Waals surface area contributed by atoms with Crippen LogP contribution < -0.4 is 4.90 Å². The zero-order valence-corrected chi connectivity index (χ0v) is 23.4. The average Bonchev–Trinajstić information content (AvgIpc) is 3.46. The molecule has 0 spiro atoms. The molecule has 0 bridgehead atoms. The molecule has 1 saturated heterocycles. The molecule has 1 unspecified atom stereocenters. The number of rotatable bonds is 11. The Labute approximate surface area is 230 Å².